The van der Waals surface area contributed by atoms with Gasteiger partial charge in [0.1, 0.15) is 0 Å². The van der Waals surface area contributed by atoms with Crippen LogP contribution in [-0.4, -0.2) is 12.2 Å². The molecular formula is C9H10BrFO2. The van der Waals surface area contributed by atoms with Gasteiger partial charge in [0.15, 0.2) is 11.5 Å². The fourth-order valence-corrected chi connectivity index (χ4v) is 1.57. The molecule has 4 heteroatoms. The fourth-order valence-electron chi connectivity index (χ4n) is 1.12. The van der Waals surface area contributed by atoms with Gasteiger partial charge in [0.05, 0.1) is 11.6 Å². The SMILES string of the molecule is CCc1cc(Br)c(O)c(F)c1OC. The van der Waals surface area contributed by atoms with Crippen LogP contribution >= 0.6 is 15.9 Å². The summed E-state index contributed by atoms with van der Waals surface area (Å²) in [5.74, 6) is -1.01. The van der Waals surface area contributed by atoms with Crippen LogP contribution in [0.3, 0.4) is 0 Å². The van der Waals surface area contributed by atoms with Gasteiger partial charge in [0, 0.05) is 0 Å². The number of ether oxygens (including phenoxy) is 1. The van der Waals surface area contributed by atoms with E-state index in [9.17, 15) is 9.50 Å². The number of benzene rings is 1. The molecule has 0 heterocycles. The maximum Gasteiger partial charge on any atom is 0.208 e. The highest BCUT2D eigenvalue weighted by Crippen LogP contribution is 2.36. The molecule has 0 fully saturated rings. The largest absolute Gasteiger partial charge is 0.504 e. The summed E-state index contributed by atoms with van der Waals surface area (Å²) >= 11 is 3.06. The van der Waals surface area contributed by atoms with Crippen molar-refractivity contribution in [3.05, 3.63) is 21.9 Å². The lowest BCUT2D eigenvalue weighted by Gasteiger charge is -2.10. The Bertz CT molecular complexity index is 326. The number of hydrogen-bond acceptors (Lipinski definition) is 2. The van der Waals surface area contributed by atoms with Gasteiger partial charge in [-0.1, -0.05) is 6.92 Å². The number of rotatable bonds is 2. The number of aromatic hydroxyl groups is 1. The van der Waals surface area contributed by atoms with Gasteiger partial charge in [-0.25, -0.2) is 0 Å². The summed E-state index contributed by atoms with van der Waals surface area (Å²) in [6, 6.07) is 1.65. The molecule has 0 saturated heterocycles. The second kappa shape index (κ2) is 3.96. The van der Waals surface area contributed by atoms with E-state index in [2.05, 4.69) is 15.9 Å². The minimum Gasteiger partial charge on any atom is -0.504 e. The molecule has 0 radical (unpaired) electrons. The molecule has 72 valence electrons. The van der Waals surface area contributed by atoms with Crippen molar-refractivity contribution in [2.45, 2.75) is 13.3 Å². The normalized spacial score (nSPS) is 10.2. The van der Waals surface area contributed by atoms with E-state index >= 15 is 0 Å². The predicted molar refractivity (Wildman–Crippen MR) is 51.7 cm³/mol. The Morgan fingerprint density at radius 2 is 2.23 bits per heavy atom. The molecule has 0 spiro atoms. The third-order valence-electron chi connectivity index (χ3n) is 1.81. The van der Waals surface area contributed by atoms with Crippen molar-refractivity contribution in [3.8, 4) is 11.5 Å². The van der Waals surface area contributed by atoms with Gasteiger partial charge in [-0.05, 0) is 34.0 Å². The third kappa shape index (κ3) is 1.77. The highest BCUT2D eigenvalue weighted by Gasteiger charge is 2.15. The lowest BCUT2D eigenvalue weighted by atomic mass is 10.1. The number of phenols is 1. The van der Waals surface area contributed by atoms with Crippen molar-refractivity contribution in [3.63, 3.8) is 0 Å². The van der Waals surface area contributed by atoms with Crippen LogP contribution in [0.1, 0.15) is 12.5 Å². The van der Waals surface area contributed by atoms with Crippen molar-refractivity contribution in [1.82, 2.24) is 0 Å². The Kier molecular flexibility index (Phi) is 3.14. The van der Waals surface area contributed by atoms with Crippen LogP contribution in [-0.2, 0) is 6.42 Å². The first-order valence-corrected chi connectivity index (χ1v) is 4.64. The molecule has 0 aliphatic carbocycles. The van der Waals surface area contributed by atoms with E-state index < -0.39 is 11.6 Å². The van der Waals surface area contributed by atoms with Crippen LogP contribution in [0.4, 0.5) is 4.39 Å². The quantitative estimate of drug-likeness (QED) is 0.873. The first kappa shape index (κ1) is 10.3. The van der Waals surface area contributed by atoms with E-state index in [1.165, 1.54) is 7.11 Å². The average molecular weight is 249 g/mol. The summed E-state index contributed by atoms with van der Waals surface area (Å²) < 4.78 is 18.5. The zero-order chi connectivity index (χ0) is 10.0. The van der Waals surface area contributed by atoms with Crippen LogP contribution in [0.5, 0.6) is 11.5 Å². The molecule has 1 aromatic carbocycles. The minimum atomic E-state index is -0.714. The first-order valence-electron chi connectivity index (χ1n) is 3.85. The Labute approximate surface area is 84.5 Å². The Morgan fingerprint density at radius 3 is 2.69 bits per heavy atom. The summed E-state index contributed by atoms with van der Waals surface area (Å²) in [5, 5.41) is 9.24. The summed E-state index contributed by atoms with van der Waals surface area (Å²) in [6.07, 6.45) is 0.652. The molecule has 0 amide bonds. The van der Waals surface area contributed by atoms with Gasteiger partial charge in [-0.2, -0.15) is 4.39 Å². The van der Waals surface area contributed by atoms with E-state index in [1.54, 1.807) is 6.07 Å². The molecule has 0 aromatic heterocycles. The van der Waals surface area contributed by atoms with Gasteiger partial charge in [-0.3, -0.25) is 0 Å². The predicted octanol–water partition coefficient (Wildman–Crippen LogP) is 2.86. The lowest BCUT2D eigenvalue weighted by Crippen LogP contribution is -1.95. The molecule has 0 aliphatic rings. The number of aryl methyl sites for hydroxylation is 1. The highest BCUT2D eigenvalue weighted by molar-refractivity contribution is 9.10. The molecule has 2 nitrogen and oxygen atoms in total. The lowest BCUT2D eigenvalue weighted by molar-refractivity contribution is 0.359. The van der Waals surface area contributed by atoms with Crippen molar-refractivity contribution >= 4 is 15.9 Å². The molecule has 1 rings (SSSR count). The van der Waals surface area contributed by atoms with E-state index in [4.69, 9.17) is 4.74 Å². The maximum absolute atomic E-state index is 13.3. The van der Waals surface area contributed by atoms with Crippen molar-refractivity contribution in [1.29, 1.82) is 0 Å². The van der Waals surface area contributed by atoms with Crippen molar-refractivity contribution in [2.75, 3.05) is 7.11 Å². The van der Waals surface area contributed by atoms with Crippen LogP contribution < -0.4 is 4.74 Å². The molecular weight excluding hydrogens is 239 g/mol. The smallest absolute Gasteiger partial charge is 0.208 e. The molecule has 0 atom stereocenters. The molecule has 1 aromatic rings. The standard InChI is InChI=1S/C9H10BrFO2/c1-3-5-4-6(10)8(12)7(11)9(5)13-2/h4,12H,3H2,1-2H3. The van der Waals surface area contributed by atoms with Crippen molar-refractivity contribution < 1.29 is 14.2 Å². The van der Waals surface area contributed by atoms with Crippen molar-refractivity contribution in [2.24, 2.45) is 0 Å². The number of methoxy groups -OCH3 is 1. The van der Waals surface area contributed by atoms with Crippen LogP contribution in [0.25, 0.3) is 0 Å². The highest BCUT2D eigenvalue weighted by atomic mass is 79.9. The van der Waals surface area contributed by atoms with E-state index in [0.29, 0.717) is 10.9 Å². The van der Waals surface area contributed by atoms with Gasteiger partial charge < -0.3 is 9.84 Å². The molecule has 0 unspecified atom stereocenters. The topological polar surface area (TPSA) is 29.5 Å². The van der Waals surface area contributed by atoms with Gasteiger partial charge in [-0.15, -0.1) is 0 Å². The van der Waals surface area contributed by atoms with Gasteiger partial charge in [0.2, 0.25) is 5.82 Å². The van der Waals surface area contributed by atoms with Gasteiger partial charge in [0.25, 0.3) is 0 Å². The second-order valence-electron chi connectivity index (χ2n) is 2.57. The summed E-state index contributed by atoms with van der Waals surface area (Å²) in [6.45, 7) is 1.89. The zero-order valence-corrected chi connectivity index (χ0v) is 8.98. The van der Waals surface area contributed by atoms with E-state index in [1.807, 2.05) is 6.92 Å². The maximum atomic E-state index is 13.3. The molecule has 13 heavy (non-hydrogen) atoms. The number of halogens is 2. The summed E-state index contributed by atoms with van der Waals surface area (Å²) in [7, 11) is 1.38. The van der Waals surface area contributed by atoms with Crippen LogP contribution in [0, 0.1) is 5.82 Å². The van der Waals surface area contributed by atoms with Crippen LogP contribution in [0.2, 0.25) is 0 Å². The molecule has 1 N–H and O–H groups in total. The number of phenolic OH excluding ortho intramolecular Hbond substituents is 1. The van der Waals surface area contributed by atoms with Gasteiger partial charge >= 0.3 is 0 Å². The third-order valence-corrected chi connectivity index (χ3v) is 2.42. The minimum absolute atomic E-state index is 0.114. The Morgan fingerprint density at radius 1 is 1.62 bits per heavy atom. The Hall–Kier alpha value is -0.770. The summed E-state index contributed by atoms with van der Waals surface area (Å²) in [4.78, 5) is 0. The average Bonchev–Trinajstić information content (AvgIpc) is 2.13. The molecule has 0 saturated carbocycles. The molecule has 0 bridgehead atoms. The number of hydrogen-bond donors (Lipinski definition) is 1. The van der Waals surface area contributed by atoms with E-state index in [0.717, 1.165) is 5.56 Å². The Balaban J connectivity index is 3.39. The summed E-state index contributed by atoms with van der Waals surface area (Å²) in [5.41, 5.74) is 0.727. The second-order valence-corrected chi connectivity index (χ2v) is 3.42. The van der Waals surface area contributed by atoms with E-state index in [-0.39, 0.29) is 5.75 Å². The zero-order valence-electron chi connectivity index (χ0n) is 7.40. The van der Waals surface area contributed by atoms with Crippen LogP contribution in [0.15, 0.2) is 10.5 Å². The fraction of sp³-hybridized carbons (Fsp3) is 0.333. The monoisotopic (exact) mass is 248 g/mol. The first-order chi connectivity index (χ1) is 6.11. The molecule has 0 aliphatic heterocycles.